The van der Waals surface area contributed by atoms with Crippen molar-refractivity contribution in [2.24, 2.45) is 7.05 Å². The Morgan fingerprint density at radius 2 is 1.96 bits per heavy atom. The first kappa shape index (κ1) is 15.7. The summed E-state index contributed by atoms with van der Waals surface area (Å²) in [6, 6.07) is 12.1. The van der Waals surface area contributed by atoms with Gasteiger partial charge in [-0.2, -0.15) is 0 Å². The molecule has 25 heavy (non-hydrogen) atoms. The molecule has 0 atom stereocenters. The number of fused-ring (bicyclic) bond motifs is 2. The van der Waals surface area contributed by atoms with Crippen molar-refractivity contribution in [1.82, 2.24) is 14.9 Å². The Morgan fingerprint density at radius 1 is 1.12 bits per heavy atom. The first-order valence-corrected chi connectivity index (χ1v) is 8.76. The van der Waals surface area contributed by atoms with Crippen molar-refractivity contribution in [1.29, 1.82) is 0 Å². The predicted octanol–water partition coefficient (Wildman–Crippen LogP) is 3.77. The Hall–Kier alpha value is -2.82. The van der Waals surface area contributed by atoms with Gasteiger partial charge in [-0.1, -0.05) is 18.2 Å². The minimum absolute atomic E-state index is 0.201. The van der Waals surface area contributed by atoms with Crippen LogP contribution in [0.5, 0.6) is 0 Å². The average Bonchev–Trinajstić information content (AvgIpc) is 3.00. The van der Waals surface area contributed by atoms with E-state index in [4.69, 9.17) is 0 Å². The van der Waals surface area contributed by atoms with E-state index in [0.717, 1.165) is 28.7 Å². The number of benzene rings is 2. The van der Waals surface area contributed by atoms with Gasteiger partial charge in [0.25, 0.3) is 0 Å². The van der Waals surface area contributed by atoms with Gasteiger partial charge >= 0.3 is 6.03 Å². The number of hydrogen-bond acceptors (Lipinski definition) is 2. The van der Waals surface area contributed by atoms with Gasteiger partial charge in [0, 0.05) is 19.3 Å². The summed E-state index contributed by atoms with van der Waals surface area (Å²) in [5.41, 5.74) is 6.70. The van der Waals surface area contributed by atoms with E-state index in [2.05, 4.69) is 33.8 Å². The number of carbonyl (C=O) groups is 1. The number of amides is 2. The Bertz CT molecular complexity index is 929. The smallest absolute Gasteiger partial charge is 0.319 e. The van der Waals surface area contributed by atoms with E-state index < -0.39 is 0 Å². The number of anilines is 1. The number of hydrogen-bond donors (Lipinski definition) is 2. The molecule has 0 saturated heterocycles. The first-order valence-electron chi connectivity index (χ1n) is 8.76. The molecule has 1 aliphatic rings. The third kappa shape index (κ3) is 3.36. The van der Waals surface area contributed by atoms with Gasteiger partial charge in [0.15, 0.2) is 0 Å². The molecule has 2 N–H and O–H groups in total. The summed E-state index contributed by atoms with van der Waals surface area (Å²) < 4.78 is 1.95. The van der Waals surface area contributed by atoms with Gasteiger partial charge in [-0.3, -0.25) is 0 Å². The summed E-state index contributed by atoms with van der Waals surface area (Å²) >= 11 is 0. The van der Waals surface area contributed by atoms with E-state index >= 15 is 0 Å². The van der Waals surface area contributed by atoms with Crippen molar-refractivity contribution in [3.63, 3.8) is 0 Å². The minimum Gasteiger partial charge on any atom is -0.334 e. The Kier molecular flexibility index (Phi) is 4.14. The summed E-state index contributed by atoms with van der Waals surface area (Å²) in [5, 5.41) is 5.81. The van der Waals surface area contributed by atoms with Crippen LogP contribution in [0, 0.1) is 0 Å². The molecule has 0 aliphatic heterocycles. The van der Waals surface area contributed by atoms with Crippen LogP contribution < -0.4 is 10.6 Å². The fourth-order valence-corrected chi connectivity index (χ4v) is 3.47. The van der Waals surface area contributed by atoms with Gasteiger partial charge in [-0.05, 0) is 60.6 Å². The fraction of sp³-hybridized carbons (Fsp3) is 0.300. The number of carbonyl (C=O) groups excluding carboxylic acids is 1. The number of aryl methyl sites for hydroxylation is 3. The molecule has 5 heteroatoms. The number of rotatable bonds is 3. The zero-order valence-electron chi connectivity index (χ0n) is 14.4. The predicted molar refractivity (Wildman–Crippen MR) is 99.7 cm³/mol. The molecule has 0 spiro atoms. The van der Waals surface area contributed by atoms with E-state index in [1.807, 2.05) is 29.8 Å². The van der Waals surface area contributed by atoms with E-state index in [1.165, 1.54) is 30.4 Å². The van der Waals surface area contributed by atoms with Crippen LogP contribution in [0.25, 0.3) is 11.0 Å². The zero-order valence-corrected chi connectivity index (χ0v) is 14.4. The Morgan fingerprint density at radius 3 is 2.84 bits per heavy atom. The summed E-state index contributed by atoms with van der Waals surface area (Å²) in [5.74, 6) is 0. The maximum Gasteiger partial charge on any atom is 0.319 e. The summed E-state index contributed by atoms with van der Waals surface area (Å²) in [6.45, 7) is 0.533. The molecule has 4 rings (SSSR count). The third-order valence-corrected chi connectivity index (χ3v) is 4.85. The lowest BCUT2D eigenvalue weighted by atomic mass is 9.90. The molecule has 1 aromatic heterocycles. The normalized spacial score (nSPS) is 13.5. The van der Waals surface area contributed by atoms with Crippen LogP contribution in [0.1, 0.15) is 29.5 Å². The highest BCUT2D eigenvalue weighted by atomic mass is 16.2. The lowest BCUT2D eigenvalue weighted by Crippen LogP contribution is -2.28. The van der Waals surface area contributed by atoms with Crippen LogP contribution in [0.3, 0.4) is 0 Å². The third-order valence-electron chi connectivity index (χ3n) is 4.85. The van der Waals surface area contributed by atoms with Crippen LogP contribution in [-0.2, 0) is 26.4 Å². The molecule has 5 nitrogen and oxygen atoms in total. The van der Waals surface area contributed by atoms with Gasteiger partial charge in [0.05, 0.1) is 17.4 Å². The molecule has 1 heterocycles. The lowest BCUT2D eigenvalue weighted by molar-refractivity contribution is 0.251. The number of nitrogens with one attached hydrogen (secondary N) is 2. The highest BCUT2D eigenvalue weighted by Crippen LogP contribution is 2.22. The van der Waals surface area contributed by atoms with E-state index in [0.29, 0.717) is 6.54 Å². The number of urea groups is 1. The number of nitrogens with zero attached hydrogens (tertiary/aromatic N) is 2. The lowest BCUT2D eigenvalue weighted by Gasteiger charge is -2.16. The molecule has 0 radical (unpaired) electrons. The van der Waals surface area contributed by atoms with Crippen molar-refractivity contribution in [2.75, 3.05) is 5.32 Å². The molecular formula is C20H22N4O. The van der Waals surface area contributed by atoms with Crippen molar-refractivity contribution in [2.45, 2.75) is 32.2 Å². The van der Waals surface area contributed by atoms with Crippen molar-refractivity contribution >= 4 is 22.8 Å². The second-order valence-electron chi connectivity index (χ2n) is 6.68. The molecule has 0 unspecified atom stereocenters. The minimum atomic E-state index is -0.201. The topological polar surface area (TPSA) is 59.0 Å². The summed E-state index contributed by atoms with van der Waals surface area (Å²) in [7, 11) is 1.95. The molecule has 0 bridgehead atoms. The first-order chi connectivity index (χ1) is 12.2. The van der Waals surface area contributed by atoms with Crippen LogP contribution in [0.2, 0.25) is 0 Å². The molecular weight excluding hydrogens is 312 g/mol. The molecule has 3 aromatic rings. The maximum absolute atomic E-state index is 12.2. The van der Waals surface area contributed by atoms with E-state index in [1.54, 1.807) is 6.33 Å². The Balaban J connectivity index is 1.38. The SMILES string of the molecule is Cn1cnc2cc(NC(=O)NCc3ccc4c(c3)CCCC4)ccc21. The monoisotopic (exact) mass is 334 g/mol. The second kappa shape index (κ2) is 6.59. The quantitative estimate of drug-likeness (QED) is 0.766. The molecule has 2 aromatic carbocycles. The second-order valence-corrected chi connectivity index (χ2v) is 6.68. The fourth-order valence-electron chi connectivity index (χ4n) is 3.47. The van der Waals surface area contributed by atoms with E-state index in [9.17, 15) is 4.79 Å². The largest absolute Gasteiger partial charge is 0.334 e. The van der Waals surface area contributed by atoms with Gasteiger partial charge < -0.3 is 15.2 Å². The standard InChI is InChI=1S/C20H22N4O/c1-24-13-22-18-11-17(8-9-19(18)24)23-20(25)21-12-14-6-7-15-4-2-3-5-16(15)10-14/h6-11,13H,2-5,12H2,1H3,(H2,21,23,25). The molecule has 0 fully saturated rings. The van der Waals surface area contributed by atoms with Crippen molar-refractivity contribution in [3.05, 3.63) is 59.4 Å². The Labute approximate surface area is 147 Å². The van der Waals surface area contributed by atoms with Gasteiger partial charge in [-0.25, -0.2) is 9.78 Å². The molecule has 128 valence electrons. The van der Waals surface area contributed by atoms with Crippen molar-refractivity contribution in [3.8, 4) is 0 Å². The average molecular weight is 334 g/mol. The molecule has 0 saturated carbocycles. The summed E-state index contributed by atoms with van der Waals surface area (Å²) in [6.07, 6.45) is 6.65. The number of imidazole rings is 1. The molecule has 2 amide bonds. The highest BCUT2D eigenvalue weighted by Gasteiger charge is 2.10. The number of aromatic nitrogens is 2. The van der Waals surface area contributed by atoms with Crippen LogP contribution in [-0.4, -0.2) is 15.6 Å². The zero-order chi connectivity index (χ0) is 17.2. The van der Waals surface area contributed by atoms with Crippen molar-refractivity contribution < 1.29 is 4.79 Å². The van der Waals surface area contributed by atoms with Gasteiger partial charge in [0.2, 0.25) is 0 Å². The van der Waals surface area contributed by atoms with Crippen LogP contribution >= 0.6 is 0 Å². The van der Waals surface area contributed by atoms with Crippen LogP contribution in [0.4, 0.5) is 10.5 Å². The highest BCUT2D eigenvalue weighted by molar-refractivity contribution is 5.91. The van der Waals surface area contributed by atoms with E-state index in [-0.39, 0.29) is 6.03 Å². The van der Waals surface area contributed by atoms with Gasteiger partial charge in [-0.15, -0.1) is 0 Å². The molecule has 1 aliphatic carbocycles. The van der Waals surface area contributed by atoms with Crippen LogP contribution in [0.15, 0.2) is 42.7 Å². The summed E-state index contributed by atoms with van der Waals surface area (Å²) in [4.78, 5) is 16.5. The maximum atomic E-state index is 12.2. The van der Waals surface area contributed by atoms with Gasteiger partial charge in [0.1, 0.15) is 0 Å².